The van der Waals surface area contributed by atoms with Crippen LogP contribution in [0, 0.1) is 0 Å². The van der Waals surface area contributed by atoms with Crippen molar-refractivity contribution in [3.63, 3.8) is 0 Å². The van der Waals surface area contributed by atoms with Crippen LogP contribution in [0.5, 0.6) is 0 Å². The minimum atomic E-state index is -4.34. The molecular weight excluding hydrogens is 247 g/mol. The third-order valence-corrected chi connectivity index (χ3v) is 3.00. The number of rotatable bonds is 1. The van der Waals surface area contributed by atoms with Gasteiger partial charge >= 0.3 is 39.9 Å². The van der Waals surface area contributed by atoms with E-state index in [9.17, 15) is 8.42 Å². The van der Waals surface area contributed by atoms with E-state index in [1.165, 1.54) is 6.07 Å². The van der Waals surface area contributed by atoms with E-state index >= 15 is 0 Å². The van der Waals surface area contributed by atoms with Gasteiger partial charge in [0.1, 0.15) is 0 Å². The van der Waals surface area contributed by atoms with E-state index in [4.69, 9.17) is 4.55 Å². The molecule has 0 saturated carbocycles. The van der Waals surface area contributed by atoms with E-state index in [0.717, 1.165) is 0 Å². The van der Waals surface area contributed by atoms with Crippen LogP contribution in [0.2, 0.25) is 0 Å². The van der Waals surface area contributed by atoms with E-state index in [1.807, 2.05) is 0 Å². The Kier molecular flexibility index (Phi) is 3.85. The summed E-state index contributed by atoms with van der Waals surface area (Å²) in [5.41, 5.74) is 0.773. The molecule has 2 aromatic rings. The molecule has 76 valence electrons. The zero-order chi connectivity index (χ0) is 10.3. The van der Waals surface area contributed by atoms with Crippen LogP contribution in [-0.4, -0.2) is 51.5 Å². The first-order chi connectivity index (χ1) is 6.50. The standard InChI is InChI=1S/C7H6N2O3S2.Na.H/c10-14(11,12)9-6-4-2-1-3-5(6)8-7(9)13;;/h1-4H,(H,8,13)(H,10,11,12);;. The third kappa shape index (κ3) is 2.38. The van der Waals surface area contributed by atoms with Crippen LogP contribution in [0.1, 0.15) is 0 Å². The summed E-state index contributed by atoms with van der Waals surface area (Å²) in [7, 11) is -4.34. The molecule has 1 aromatic carbocycles. The Hall–Kier alpha value is -0.0500. The Morgan fingerprint density at radius 3 is 2.53 bits per heavy atom. The molecule has 0 spiro atoms. The Balaban J connectivity index is 0.00000112. The fraction of sp³-hybridized carbons (Fsp3) is 0. The van der Waals surface area contributed by atoms with Crippen molar-refractivity contribution in [2.24, 2.45) is 0 Å². The SMILES string of the molecule is O=S(=O)(O)n1c(S)nc2ccccc21.[NaH]. The number of para-hydroxylation sites is 2. The van der Waals surface area contributed by atoms with Gasteiger partial charge in [-0.2, -0.15) is 12.4 Å². The Labute approximate surface area is 114 Å². The molecule has 0 bridgehead atoms. The third-order valence-electron chi connectivity index (χ3n) is 1.73. The number of hydrogen-bond donors (Lipinski definition) is 2. The maximum atomic E-state index is 11.0. The van der Waals surface area contributed by atoms with E-state index in [-0.39, 0.29) is 34.7 Å². The van der Waals surface area contributed by atoms with E-state index in [1.54, 1.807) is 18.2 Å². The first-order valence-corrected chi connectivity index (χ1v) is 5.49. The Morgan fingerprint density at radius 2 is 1.93 bits per heavy atom. The fourth-order valence-corrected chi connectivity index (χ4v) is 2.39. The number of aromatic nitrogens is 2. The number of imidazole rings is 1. The zero-order valence-corrected chi connectivity index (χ0v) is 8.53. The van der Waals surface area contributed by atoms with Gasteiger partial charge in [-0.15, -0.1) is 12.6 Å². The maximum absolute atomic E-state index is 11.0. The van der Waals surface area contributed by atoms with E-state index in [2.05, 4.69) is 17.6 Å². The molecule has 0 saturated heterocycles. The molecule has 0 amide bonds. The fourth-order valence-electron chi connectivity index (χ4n) is 1.22. The predicted octanol–water partition coefficient (Wildman–Crippen LogP) is 0.327. The second-order valence-corrected chi connectivity index (χ2v) is 4.30. The van der Waals surface area contributed by atoms with Gasteiger partial charge in [-0.25, -0.2) is 4.98 Å². The molecule has 0 aliphatic rings. The molecule has 0 atom stereocenters. The molecular formula is C7H7N2NaO3S2. The molecule has 8 heteroatoms. The quantitative estimate of drug-likeness (QED) is 0.437. The van der Waals surface area contributed by atoms with Crippen LogP contribution in [0.25, 0.3) is 11.0 Å². The van der Waals surface area contributed by atoms with E-state index in [0.29, 0.717) is 15.0 Å². The van der Waals surface area contributed by atoms with Gasteiger partial charge in [0.2, 0.25) is 0 Å². The van der Waals surface area contributed by atoms with Gasteiger partial charge in [-0.05, 0) is 12.1 Å². The molecule has 5 nitrogen and oxygen atoms in total. The van der Waals surface area contributed by atoms with Crippen molar-refractivity contribution in [3.8, 4) is 0 Å². The predicted molar refractivity (Wildman–Crippen MR) is 61.1 cm³/mol. The monoisotopic (exact) mass is 254 g/mol. The molecule has 1 N–H and O–H groups in total. The van der Waals surface area contributed by atoms with Gasteiger partial charge in [-0.1, -0.05) is 12.1 Å². The van der Waals surface area contributed by atoms with Crippen LogP contribution in [0.15, 0.2) is 29.4 Å². The first kappa shape index (κ1) is 13.0. The summed E-state index contributed by atoms with van der Waals surface area (Å²) in [6, 6.07) is 6.54. The number of hydrogen-bond acceptors (Lipinski definition) is 4. The van der Waals surface area contributed by atoms with Crippen LogP contribution in [0.3, 0.4) is 0 Å². The van der Waals surface area contributed by atoms with Gasteiger partial charge in [0.15, 0.2) is 5.16 Å². The second-order valence-electron chi connectivity index (χ2n) is 2.64. The van der Waals surface area contributed by atoms with Crippen LogP contribution in [0.4, 0.5) is 0 Å². The Bertz CT molecular complexity index is 593. The normalized spacial score (nSPS) is 11.3. The summed E-state index contributed by atoms with van der Waals surface area (Å²) < 4.78 is 31.5. The van der Waals surface area contributed by atoms with Crippen molar-refractivity contribution in [2.45, 2.75) is 5.16 Å². The van der Waals surface area contributed by atoms with Crippen molar-refractivity contribution in [1.82, 2.24) is 8.96 Å². The van der Waals surface area contributed by atoms with Crippen LogP contribution >= 0.6 is 12.6 Å². The van der Waals surface area contributed by atoms with Gasteiger partial charge in [-0.3, -0.25) is 4.55 Å². The molecule has 2 rings (SSSR count). The topological polar surface area (TPSA) is 72.2 Å². The summed E-state index contributed by atoms with van der Waals surface area (Å²) in [6.07, 6.45) is 0. The Morgan fingerprint density at radius 1 is 1.33 bits per heavy atom. The average Bonchev–Trinajstić information content (AvgIpc) is 2.38. The van der Waals surface area contributed by atoms with Gasteiger partial charge in [0, 0.05) is 0 Å². The second kappa shape index (κ2) is 4.44. The number of benzene rings is 1. The van der Waals surface area contributed by atoms with Crippen molar-refractivity contribution >= 4 is 63.5 Å². The average molecular weight is 254 g/mol. The van der Waals surface area contributed by atoms with Crippen molar-refractivity contribution < 1.29 is 13.0 Å². The summed E-state index contributed by atoms with van der Waals surface area (Å²) >= 11 is 3.86. The van der Waals surface area contributed by atoms with Crippen molar-refractivity contribution in [3.05, 3.63) is 24.3 Å². The summed E-state index contributed by atoms with van der Waals surface area (Å²) in [6.45, 7) is 0. The molecule has 0 radical (unpaired) electrons. The molecule has 1 heterocycles. The molecule has 0 unspecified atom stereocenters. The van der Waals surface area contributed by atoms with Crippen molar-refractivity contribution in [1.29, 1.82) is 0 Å². The molecule has 0 aliphatic carbocycles. The minimum absolute atomic E-state index is 0. The van der Waals surface area contributed by atoms with Crippen molar-refractivity contribution in [2.75, 3.05) is 0 Å². The number of nitrogens with zero attached hydrogens (tertiary/aromatic N) is 2. The molecule has 0 aliphatic heterocycles. The summed E-state index contributed by atoms with van der Waals surface area (Å²) in [5, 5.41) is -0.0614. The van der Waals surface area contributed by atoms with Crippen LogP contribution in [-0.2, 0) is 10.3 Å². The van der Waals surface area contributed by atoms with Crippen LogP contribution < -0.4 is 0 Å². The molecule has 0 fully saturated rings. The van der Waals surface area contributed by atoms with Gasteiger partial charge in [0.05, 0.1) is 11.0 Å². The molecule has 15 heavy (non-hydrogen) atoms. The number of thiol groups is 1. The first-order valence-electron chi connectivity index (χ1n) is 3.64. The molecule has 1 aromatic heterocycles. The summed E-state index contributed by atoms with van der Waals surface area (Å²) in [5.74, 6) is 0. The number of fused-ring (bicyclic) bond motifs is 1. The summed E-state index contributed by atoms with van der Waals surface area (Å²) in [4.78, 5) is 3.87. The van der Waals surface area contributed by atoms with Gasteiger partial charge in [0.25, 0.3) is 0 Å². The van der Waals surface area contributed by atoms with E-state index < -0.39 is 10.3 Å². The van der Waals surface area contributed by atoms with Gasteiger partial charge < -0.3 is 0 Å². The zero-order valence-electron chi connectivity index (χ0n) is 6.82.